The predicted octanol–water partition coefficient (Wildman–Crippen LogP) is 3.20. The Morgan fingerprint density at radius 2 is 1.95 bits per heavy atom. The van der Waals surface area contributed by atoms with Crippen molar-refractivity contribution < 1.29 is 17.9 Å². The largest absolute Gasteiger partial charge is 0.489 e. The van der Waals surface area contributed by atoms with E-state index in [9.17, 15) is 8.42 Å². The van der Waals surface area contributed by atoms with Crippen molar-refractivity contribution in [1.29, 1.82) is 0 Å². The van der Waals surface area contributed by atoms with Crippen LogP contribution in [0.3, 0.4) is 0 Å². The maximum Gasteiger partial charge on any atom is 0.238 e. The molecule has 1 aromatic rings. The highest BCUT2D eigenvalue weighted by molar-refractivity contribution is 9.11. The Morgan fingerprint density at radius 3 is 2.38 bits per heavy atom. The number of sulfonamides is 1. The summed E-state index contributed by atoms with van der Waals surface area (Å²) in [5, 5.41) is 5.12. The van der Waals surface area contributed by atoms with Crippen LogP contribution in [-0.4, -0.2) is 26.7 Å². The fraction of sp³-hybridized carbons (Fsp3) is 0.538. The number of ether oxygens (including phenoxy) is 2. The van der Waals surface area contributed by atoms with Crippen LogP contribution in [0.5, 0.6) is 5.75 Å². The van der Waals surface area contributed by atoms with Crippen LogP contribution in [-0.2, 0) is 14.8 Å². The lowest BCUT2D eigenvalue weighted by Gasteiger charge is -2.20. The molecule has 1 aliphatic rings. The van der Waals surface area contributed by atoms with Gasteiger partial charge in [0, 0.05) is 0 Å². The van der Waals surface area contributed by atoms with Gasteiger partial charge in [-0.05, 0) is 70.7 Å². The number of hydrogen-bond acceptors (Lipinski definition) is 4. The second-order valence-corrected chi connectivity index (χ2v) is 8.88. The van der Waals surface area contributed by atoms with Gasteiger partial charge in [-0.3, -0.25) is 0 Å². The molecule has 2 N–H and O–H groups in total. The molecule has 0 aliphatic carbocycles. The molecule has 2 rings (SSSR count). The van der Waals surface area contributed by atoms with Crippen molar-refractivity contribution in [2.45, 2.75) is 43.3 Å². The number of hydrogen-bond donors (Lipinski definition) is 1. The third-order valence-electron chi connectivity index (χ3n) is 3.27. The van der Waals surface area contributed by atoms with Crippen LogP contribution in [0.1, 0.15) is 26.7 Å². The minimum Gasteiger partial charge on any atom is -0.489 e. The van der Waals surface area contributed by atoms with Crippen LogP contribution in [0.2, 0.25) is 0 Å². The van der Waals surface area contributed by atoms with E-state index < -0.39 is 10.0 Å². The molecular formula is C13H17Br2NO4S. The van der Waals surface area contributed by atoms with E-state index in [2.05, 4.69) is 45.7 Å². The van der Waals surface area contributed by atoms with Crippen LogP contribution in [0.15, 0.2) is 26.0 Å². The standard InChI is InChI=1S/C13H17Br2NO4S/c1-13(2)4-3-8(20-13)7-19-12-10(14)5-9(6-11(12)15)21(16,17)18/h5-6,8H,3-4,7H2,1-2H3,(H2,16,17,18). The van der Waals surface area contributed by atoms with Crippen LogP contribution < -0.4 is 9.88 Å². The Balaban J connectivity index is 2.11. The Hall–Kier alpha value is -0.150. The zero-order valence-corrected chi connectivity index (χ0v) is 15.7. The highest BCUT2D eigenvalue weighted by Crippen LogP contribution is 2.37. The summed E-state index contributed by atoms with van der Waals surface area (Å²) in [7, 11) is -3.75. The van der Waals surface area contributed by atoms with E-state index in [0.29, 0.717) is 21.3 Å². The Labute approximate surface area is 141 Å². The summed E-state index contributed by atoms with van der Waals surface area (Å²) in [6.45, 7) is 4.52. The van der Waals surface area contributed by atoms with Crippen molar-refractivity contribution in [2.75, 3.05) is 6.61 Å². The summed E-state index contributed by atoms with van der Waals surface area (Å²) in [6, 6.07) is 2.85. The first-order valence-corrected chi connectivity index (χ1v) is 9.54. The molecule has 1 aliphatic heterocycles. The molecule has 1 heterocycles. The maximum absolute atomic E-state index is 11.4. The first kappa shape index (κ1) is 17.2. The number of benzene rings is 1. The Bertz CT molecular complexity index is 623. The lowest BCUT2D eigenvalue weighted by Crippen LogP contribution is -2.24. The van der Waals surface area contributed by atoms with E-state index in [-0.39, 0.29) is 16.6 Å². The van der Waals surface area contributed by atoms with E-state index >= 15 is 0 Å². The zero-order chi connectivity index (χ0) is 15.8. The molecule has 1 unspecified atom stereocenters. The van der Waals surface area contributed by atoms with E-state index in [1.165, 1.54) is 12.1 Å². The lowest BCUT2D eigenvalue weighted by molar-refractivity contribution is -0.0328. The van der Waals surface area contributed by atoms with E-state index in [1.54, 1.807) is 0 Å². The summed E-state index contributed by atoms with van der Waals surface area (Å²) in [4.78, 5) is 0.0202. The molecule has 1 aromatic carbocycles. The highest BCUT2D eigenvalue weighted by atomic mass is 79.9. The smallest absolute Gasteiger partial charge is 0.238 e. The minimum atomic E-state index is -3.75. The van der Waals surface area contributed by atoms with Crippen molar-refractivity contribution in [3.8, 4) is 5.75 Å². The molecule has 21 heavy (non-hydrogen) atoms. The highest BCUT2D eigenvalue weighted by Gasteiger charge is 2.32. The van der Waals surface area contributed by atoms with E-state index in [4.69, 9.17) is 14.6 Å². The molecule has 0 bridgehead atoms. The van der Waals surface area contributed by atoms with Gasteiger partial charge in [-0.1, -0.05) is 0 Å². The predicted molar refractivity (Wildman–Crippen MR) is 86.9 cm³/mol. The molecule has 0 radical (unpaired) electrons. The monoisotopic (exact) mass is 441 g/mol. The molecule has 1 atom stereocenters. The molecule has 1 fully saturated rings. The number of primary sulfonamides is 1. The van der Waals surface area contributed by atoms with Gasteiger partial charge in [-0.15, -0.1) is 0 Å². The summed E-state index contributed by atoms with van der Waals surface area (Å²) in [5.41, 5.74) is -0.111. The topological polar surface area (TPSA) is 78.6 Å². The van der Waals surface area contributed by atoms with Crippen LogP contribution in [0.4, 0.5) is 0 Å². The van der Waals surface area contributed by atoms with Gasteiger partial charge in [0.1, 0.15) is 12.4 Å². The summed E-state index contributed by atoms with van der Waals surface area (Å²) in [5.74, 6) is 0.538. The van der Waals surface area contributed by atoms with Crippen molar-refractivity contribution in [3.05, 3.63) is 21.1 Å². The van der Waals surface area contributed by atoms with Crippen molar-refractivity contribution in [2.24, 2.45) is 5.14 Å². The van der Waals surface area contributed by atoms with Crippen LogP contribution in [0, 0.1) is 0 Å². The summed E-state index contributed by atoms with van der Waals surface area (Å²) < 4.78 is 35.4. The van der Waals surface area contributed by atoms with Crippen LogP contribution in [0.25, 0.3) is 0 Å². The molecular weight excluding hydrogens is 426 g/mol. The molecule has 1 saturated heterocycles. The molecule has 0 spiro atoms. The molecule has 0 aromatic heterocycles. The van der Waals surface area contributed by atoms with Crippen molar-refractivity contribution >= 4 is 41.9 Å². The zero-order valence-electron chi connectivity index (χ0n) is 11.7. The first-order valence-electron chi connectivity index (χ1n) is 6.41. The molecule has 118 valence electrons. The lowest BCUT2D eigenvalue weighted by atomic mass is 10.1. The maximum atomic E-state index is 11.4. The Kier molecular flexibility index (Phi) is 5.04. The SMILES string of the molecule is CC1(C)CCC(COc2c(Br)cc(S(N)(=O)=O)cc2Br)O1. The average Bonchev–Trinajstić information content (AvgIpc) is 2.66. The van der Waals surface area contributed by atoms with Gasteiger partial charge >= 0.3 is 0 Å². The van der Waals surface area contributed by atoms with E-state index in [0.717, 1.165) is 12.8 Å². The van der Waals surface area contributed by atoms with Gasteiger partial charge in [-0.2, -0.15) is 0 Å². The summed E-state index contributed by atoms with van der Waals surface area (Å²) in [6.07, 6.45) is 1.97. The average molecular weight is 443 g/mol. The molecule has 5 nitrogen and oxygen atoms in total. The van der Waals surface area contributed by atoms with Gasteiger partial charge in [0.25, 0.3) is 0 Å². The Morgan fingerprint density at radius 1 is 1.38 bits per heavy atom. The second kappa shape index (κ2) is 6.16. The number of rotatable bonds is 4. The molecule has 0 amide bonds. The van der Waals surface area contributed by atoms with Crippen molar-refractivity contribution in [1.82, 2.24) is 0 Å². The normalized spacial score (nSPS) is 21.5. The van der Waals surface area contributed by atoms with Gasteiger partial charge in [0.15, 0.2) is 0 Å². The van der Waals surface area contributed by atoms with Gasteiger partial charge < -0.3 is 9.47 Å². The number of nitrogens with two attached hydrogens (primary N) is 1. The molecule has 8 heteroatoms. The number of halogens is 2. The fourth-order valence-electron chi connectivity index (χ4n) is 2.21. The second-order valence-electron chi connectivity index (χ2n) is 5.61. The third-order valence-corrected chi connectivity index (χ3v) is 5.34. The summed E-state index contributed by atoms with van der Waals surface area (Å²) >= 11 is 6.61. The quantitative estimate of drug-likeness (QED) is 0.776. The van der Waals surface area contributed by atoms with E-state index in [1.807, 2.05) is 0 Å². The van der Waals surface area contributed by atoms with Crippen LogP contribution >= 0.6 is 31.9 Å². The fourth-order valence-corrected chi connectivity index (χ4v) is 4.49. The molecule has 0 saturated carbocycles. The minimum absolute atomic E-state index is 0.0202. The van der Waals surface area contributed by atoms with Crippen molar-refractivity contribution in [3.63, 3.8) is 0 Å². The van der Waals surface area contributed by atoms with Gasteiger partial charge in [0.05, 0.1) is 25.5 Å². The van der Waals surface area contributed by atoms with Gasteiger partial charge in [-0.25, -0.2) is 13.6 Å². The first-order chi connectivity index (χ1) is 9.58. The van der Waals surface area contributed by atoms with Gasteiger partial charge in [0.2, 0.25) is 10.0 Å². The third kappa shape index (κ3) is 4.41.